The van der Waals surface area contributed by atoms with Gasteiger partial charge in [-0.2, -0.15) is 0 Å². The van der Waals surface area contributed by atoms with E-state index in [9.17, 15) is 4.79 Å². The molecule has 2 aromatic carbocycles. The molecule has 0 bridgehead atoms. The van der Waals surface area contributed by atoms with Gasteiger partial charge in [-0.05, 0) is 43.2 Å². The average Bonchev–Trinajstić information content (AvgIpc) is 2.66. The van der Waals surface area contributed by atoms with Crippen molar-refractivity contribution in [2.45, 2.75) is 51.9 Å². The van der Waals surface area contributed by atoms with Crippen molar-refractivity contribution in [2.75, 3.05) is 4.90 Å². The summed E-state index contributed by atoms with van der Waals surface area (Å²) < 4.78 is 0. The second kappa shape index (κ2) is 11.2. The molecule has 0 aliphatic carbocycles. The number of unbranched alkanes of at least 4 members (excludes halogenated alkanes) is 6. The third kappa shape index (κ3) is 6.58. The summed E-state index contributed by atoms with van der Waals surface area (Å²) in [4.78, 5) is 14.5. The molecule has 0 atom stereocenters. The van der Waals surface area contributed by atoms with Crippen LogP contribution in [0.4, 0.5) is 11.4 Å². The average molecular weight is 335 g/mol. The van der Waals surface area contributed by atoms with Gasteiger partial charge >= 0.3 is 0 Å². The van der Waals surface area contributed by atoms with Gasteiger partial charge in [-0.1, -0.05) is 81.5 Å². The van der Waals surface area contributed by atoms with Gasteiger partial charge in [-0.3, -0.25) is 9.69 Å². The maximum atomic E-state index is 12.8. The van der Waals surface area contributed by atoms with E-state index in [0.29, 0.717) is 0 Å². The third-order valence-corrected chi connectivity index (χ3v) is 4.23. The van der Waals surface area contributed by atoms with Crippen LogP contribution in [-0.2, 0) is 4.79 Å². The molecule has 0 radical (unpaired) electrons. The summed E-state index contributed by atoms with van der Waals surface area (Å²) in [5.74, 6) is 0.00313. The van der Waals surface area contributed by atoms with Crippen molar-refractivity contribution >= 4 is 17.3 Å². The minimum Gasteiger partial charge on any atom is -0.278 e. The molecule has 2 nitrogen and oxygen atoms in total. The number of rotatable bonds is 10. The maximum absolute atomic E-state index is 12.8. The Morgan fingerprint density at radius 2 is 1.32 bits per heavy atom. The smallest absolute Gasteiger partial charge is 0.255 e. The fourth-order valence-corrected chi connectivity index (χ4v) is 2.86. The van der Waals surface area contributed by atoms with Crippen molar-refractivity contribution in [3.8, 4) is 0 Å². The molecule has 0 spiro atoms. The molecular weight excluding hydrogens is 306 g/mol. The molecule has 25 heavy (non-hydrogen) atoms. The predicted molar refractivity (Wildman–Crippen MR) is 107 cm³/mol. The predicted octanol–water partition coefficient (Wildman–Crippen LogP) is 6.66. The summed E-state index contributed by atoms with van der Waals surface area (Å²) in [6.07, 6.45) is 12.3. The summed E-state index contributed by atoms with van der Waals surface area (Å²) in [5, 5.41) is 0. The minimum absolute atomic E-state index is 0.00313. The Hall–Kier alpha value is -2.35. The molecular formula is C23H29NO. The molecule has 0 aliphatic heterocycles. The van der Waals surface area contributed by atoms with Crippen LogP contribution in [0.1, 0.15) is 51.9 Å². The number of carbonyl (C=O) groups excluding carboxylic acids is 1. The van der Waals surface area contributed by atoms with E-state index >= 15 is 0 Å². The molecule has 2 rings (SSSR count). The second-order valence-corrected chi connectivity index (χ2v) is 6.30. The van der Waals surface area contributed by atoms with Crippen LogP contribution in [-0.4, -0.2) is 5.91 Å². The van der Waals surface area contributed by atoms with Crippen LogP contribution in [0.5, 0.6) is 0 Å². The number of hydrogen-bond acceptors (Lipinski definition) is 1. The molecule has 0 unspecified atom stereocenters. The van der Waals surface area contributed by atoms with Gasteiger partial charge in [0.15, 0.2) is 0 Å². The van der Waals surface area contributed by atoms with Crippen molar-refractivity contribution < 1.29 is 4.79 Å². The lowest BCUT2D eigenvalue weighted by Crippen LogP contribution is -2.23. The number of carbonyl (C=O) groups is 1. The number of allylic oxidation sites excluding steroid dienone is 1. The normalized spacial score (nSPS) is 10.9. The van der Waals surface area contributed by atoms with Gasteiger partial charge < -0.3 is 0 Å². The molecule has 0 aromatic heterocycles. The largest absolute Gasteiger partial charge is 0.278 e. The first-order valence-electron chi connectivity index (χ1n) is 9.43. The molecule has 2 aromatic rings. The van der Waals surface area contributed by atoms with E-state index in [1.54, 1.807) is 11.0 Å². The molecule has 1 amide bonds. The van der Waals surface area contributed by atoms with Gasteiger partial charge in [0.1, 0.15) is 0 Å². The molecule has 0 saturated carbocycles. The molecule has 0 aliphatic rings. The highest BCUT2D eigenvalue weighted by Crippen LogP contribution is 2.25. The number of hydrogen-bond donors (Lipinski definition) is 0. The molecule has 0 fully saturated rings. The van der Waals surface area contributed by atoms with Crippen molar-refractivity contribution in [3.63, 3.8) is 0 Å². The first-order chi connectivity index (χ1) is 12.3. The highest BCUT2D eigenvalue weighted by Gasteiger charge is 2.14. The van der Waals surface area contributed by atoms with Crippen molar-refractivity contribution in [1.82, 2.24) is 0 Å². The van der Waals surface area contributed by atoms with Crippen LogP contribution < -0.4 is 4.90 Å². The Bertz CT molecular complexity index is 594. The van der Waals surface area contributed by atoms with E-state index < -0.39 is 0 Å². The van der Waals surface area contributed by atoms with Gasteiger partial charge in [0.25, 0.3) is 5.91 Å². The van der Waals surface area contributed by atoms with Crippen molar-refractivity contribution in [2.24, 2.45) is 0 Å². The molecule has 0 N–H and O–H groups in total. The lowest BCUT2D eigenvalue weighted by Gasteiger charge is -2.21. The highest BCUT2D eigenvalue weighted by molar-refractivity contribution is 6.06. The van der Waals surface area contributed by atoms with Crippen molar-refractivity contribution in [3.05, 3.63) is 72.8 Å². The number of nitrogens with zero attached hydrogens (tertiary/aromatic N) is 1. The van der Waals surface area contributed by atoms with E-state index in [1.165, 1.54) is 32.1 Å². The minimum atomic E-state index is 0.00313. The second-order valence-electron chi connectivity index (χ2n) is 6.30. The Kier molecular flexibility index (Phi) is 8.54. The SMILES string of the molecule is CCCCCCCCC=CC(=O)N(c1ccccc1)c1ccccc1. The number of amides is 1. The lowest BCUT2D eigenvalue weighted by molar-refractivity contribution is -0.113. The standard InChI is InChI=1S/C23H29NO/c1-2-3-4-5-6-7-8-15-20-23(25)24(21-16-11-9-12-17-21)22-18-13-10-14-19-22/h9-20H,2-8H2,1H3. The zero-order valence-corrected chi connectivity index (χ0v) is 15.2. The monoisotopic (exact) mass is 335 g/mol. The summed E-state index contributed by atoms with van der Waals surface area (Å²) in [7, 11) is 0. The lowest BCUT2D eigenvalue weighted by atomic mass is 10.1. The zero-order valence-electron chi connectivity index (χ0n) is 15.2. The van der Waals surface area contributed by atoms with Gasteiger partial charge in [-0.25, -0.2) is 0 Å². The van der Waals surface area contributed by atoms with Crippen LogP contribution in [0.2, 0.25) is 0 Å². The fourth-order valence-electron chi connectivity index (χ4n) is 2.86. The fraction of sp³-hybridized carbons (Fsp3) is 0.348. The Labute approximate surface area is 152 Å². The molecule has 132 valence electrons. The maximum Gasteiger partial charge on any atom is 0.255 e. The van der Waals surface area contributed by atoms with E-state index in [4.69, 9.17) is 0 Å². The summed E-state index contributed by atoms with van der Waals surface area (Å²) in [6, 6.07) is 19.6. The Balaban J connectivity index is 1.94. The van der Waals surface area contributed by atoms with Gasteiger partial charge in [0.05, 0.1) is 0 Å². The number of anilines is 2. The zero-order chi connectivity index (χ0) is 17.7. The molecule has 2 heteroatoms. The van der Waals surface area contributed by atoms with Crippen LogP contribution in [0, 0.1) is 0 Å². The van der Waals surface area contributed by atoms with Gasteiger partial charge in [-0.15, -0.1) is 0 Å². The molecule has 0 heterocycles. The van der Waals surface area contributed by atoms with Crippen LogP contribution in [0.3, 0.4) is 0 Å². The Morgan fingerprint density at radius 1 is 0.800 bits per heavy atom. The molecule has 0 saturated heterocycles. The topological polar surface area (TPSA) is 20.3 Å². The highest BCUT2D eigenvalue weighted by atomic mass is 16.2. The van der Waals surface area contributed by atoms with Crippen molar-refractivity contribution in [1.29, 1.82) is 0 Å². The van der Waals surface area contributed by atoms with E-state index in [1.807, 2.05) is 66.7 Å². The number of benzene rings is 2. The first kappa shape index (κ1) is 19.0. The van der Waals surface area contributed by atoms with E-state index in [0.717, 1.165) is 24.2 Å². The first-order valence-corrected chi connectivity index (χ1v) is 9.43. The quantitative estimate of drug-likeness (QED) is 0.351. The summed E-state index contributed by atoms with van der Waals surface area (Å²) >= 11 is 0. The van der Waals surface area contributed by atoms with Gasteiger partial charge in [0, 0.05) is 11.4 Å². The Morgan fingerprint density at radius 3 is 1.88 bits per heavy atom. The van der Waals surface area contributed by atoms with Crippen LogP contribution in [0.25, 0.3) is 0 Å². The van der Waals surface area contributed by atoms with E-state index in [-0.39, 0.29) is 5.91 Å². The van der Waals surface area contributed by atoms with Crippen LogP contribution in [0.15, 0.2) is 72.8 Å². The third-order valence-electron chi connectivity index (χ3n) is 4.23. The van der Waals surface area contributed by atoms with Crippen LogP contribution >= 0.6 is 0 Å². The van der Waals surface area contributed by atoms with E-state index in [2.05, 4.69) is 6.92 Å². The van der Waals surface area contributed by atoms with Gasteiger partial charge in [0.2, 0.25) is 0 Å². The summed E-state index contributed by atoms with van der Waals surface area (Å²) in [6.45, 7) is 2.24. The summed E-state index contributed by atoms with van der Waals surface area (Å²) in [5.41, 5.74) is 1.78. The number of para-hydroxylation sites is 2.